The predicted octanol–water partition coefficient (Wildman–Crippen LogP) is 4.00. The SMILES string of the molecule is COc1ccc(CNC(=O)NC2CC3(CC(Cc4ccc(C)nc4)C3)C2)cc1. The van der Waals surface area contributed by atoms with Gasteiger partial charge in [-0.3, -0.25) is 4.98 Å². The molecule has 5 nitrogen and oxygen atoms in total. The van der Waals surface area contributed by atoms with E-state index in [1.165, 1.54) is 18.4 Å². The Labute approximate surface area is 166 Å². The molecule has 28 heavy (non-hydrogen) atoms. The number of rotatable bonds is 6. The fraction of sp³-hybridized carbons (Fsp3) is 0.478. The van der Waals surface area contributed by atoms with E-state index in [9.17, 15) is 4.79 Å². The fourth-order valence-corrected chi connectivity index (χ4v) is 4.84. The first kappa shape index (κ1) is 18.8. The van der Waals surface area contributed by atoms with Crippen molar-refractivity contribution in [3.05, 3.63) is 59.4 Å². The summed E-state index contributed by atoms with van der Waals surface area (Å²) in [6, 6.07) is 12.3. The predicted molar refractivity (Wildman–Crippen MR) is 109 cm³/mol. The Morgan fingerprint density at radius 2 is 1.82 bits per heavy atom. The summed E-state index contributed by atoms with van der Waals surface area (Å²) >= 11 is 0. The van der Waals surface area contributed by atoms with Crippen LogP contribution in [0.4, 0.5) is 4.79 Å². The van der Waals surface area contributed by atoms with Gasteiger partial charge >= 0.3 is 6.03 Å². The maximum absolute atomic E-state index is 12.1. The highest BCUT2D eigenvalue weighted by atomic mass is 16.5. The molecule has 4 rings (SSSR count). The van der Waals surface area contributed by atoms with Gasteiger partial charge in [-0.05, 0) is 79.7 Å². The van der Waals surface area contributed by atoms with Crippen LogP contribution < -0.4 is 15.4 Å². The van der Waals surface area contributed by atoms with Crippen LogP contribution in [-0.4, -0.2) is 24.2 Å². The zero-order valence-corrected chi connectivity index (χ0v) is 16.7. The van der Waals surface area contributed by atoms with Crippen LogP contribution in [-0.2, 0) is 13.0 Å². The molecule has 1 aromatic heterocycles. The summed E-state index contributed by atoms with van der Waals surface area (Å²) in [5.74, 6) is 1.60. The Hall–Kier alpha value is -2.56. The lowest BCUT2D eigenvalue weighted by atomic mass is 9.49. The first-order valence-electron chi connectivity index (χ1n) is 10.1. The average molecular weight is 380 g/mol. The zero-order valence-electron chi connectivity index (χ0n) is 16.7. The smallest absolute Gasteiger partial charge is 0.315 e. The van der Waals surface area contributed by atoms with Gasteiger partial charge in [-0.25, -0.2) is 4.79 Å². The van der Waals surface area contributed by atoms with Crippen LogP contribution >= 0.6 is 0 Å². The molecular formula is C23H29N3O2. The van der Waals surface area contributed by atoms with Gasteiger partial charge in [-0.1, -0.05) is 18.2 Å². The van der Waals surface area contributed by atoms with E-state index in [1.54, 1.807) is 7.11 Å². The lowest BCUT2D eigenvalue weighted by Gasteiger charge is -2.58. The number of urea groups is 1. The third-order valence-electron chi connectivity index (χ3n) is 6.25. The van der Waals surface area contributed by atoms with E-state index in [-0.39, 0.29) is 6.03 Å². The Morgan fingerprint density at radius 3 is 2.46 bits per heavy atom. The highest BCUT2D eigenvalue weighted by Crippen LogP contribution is 2.59. The zero-order chi connectivity index (χ0) is 19.6. The number of aryl methyl sites for hydroxylation is 1. The molecule has 1 heterocycles. The van der Waals surface area contributed by atoms with E-state index in [0.29, 0.717) is 18.0 Å². The molecule has 5 heteroatoms. The topological polar surface area (TPSA) is 63.2 Å². The van der Waals surface area contributed by atoms with Gasteiger partial charge in [0.05, 0.1) is 7.11 Å². The van der Waals surface area contributed by atoms with Gasteiger partial charge in [-0.15, -0.1) is 0 Å². The van der Waals surface area contributed by atoms with Crippen LogP contribution in [0.1, 0.15) is 42.5 Å². The first-order valence-corrected chi connectivity index (χ1v) is 10.1. The largest absolute Gasteiger partial charge is 0.497 e. The molecule has 0 unspecified atom stereocenters. The molecule has 2 fully saturated rings. The van der Waals surface area contributed by atoms with E-state index < -0.39 is 0 Å². The van der Waals surface area contributed by atoms with Gasteiger partial charge < -0.3 is 15.4 Å². The van der Waals surface area contributed by atoms with Crippen molar-refractivity contribution in [3.8, 4) is 5.75 Å². The summed E-state index contributed by atoms with van der Waals surface area (Å²) in [6.45, 7) is 2.55. The first-order chi connectivity index (χ1) is 13.5. The van der Waals surface area contributed by atoms with Crippen LogP contribution in [0, 0.1) is 18.3 Å². The lowest BCUT2D eigenvalue weighted by Crippen LogP contribution is -2.57. The second kappa shape index (κ2) is 7.82. The lowest BCUT2D eigenvalue weighted by molar-refractivity contribution is -0.0454. The number of benzene rings is 1. The molecule has 2 N–H and O–H groups in total. The van der Waals surface area contributed by atoms with Gasteiger partial charge in [0.15, 0.2) is 0 Å². The second-order valence-electron chi connectivity index (χ2n) is 8.57. The Morgan fingerprint density at radius 1 is 1.11 bits per heavy atom. The fourth-order valence-electron chi connectivity index (χ4n) is 4.84. The maximum atomic E-state index is 12.1. The third kappa shape index (κ3) is 4.29. The molecule has 0 radical (unpaired) electrons. The molecule has 2 aromatic rings. The molecule has 0 atom stereocenters. The minimum absolute atomic E-state index is 0.0720. The summed E-state index contributed by atoms with van der Waals surface area (Å²) in [4.78, 5) is 16.5. The summed E-state index contributed by atoms with van der Waals surface area (Å²) in [6.07, 6.45) is 7.95. The highest BCUT2D eigenvalue weighted by molar-refractivity contribution is 5.74. The van der Waals surface area contributed by atoms with E-state index >= 15 is 0 Å². The van der Waals surface area contributed by atoms with Crippen LogP contribution in [0.15, 0.2) is 42.6 Å². The Balaban J connectivity index is 1.14. The van der Waals surface area contributed by atoms with Gasteiger partial charge in [-0.2, -0.15) is 0 Å². The second-order valence-corrected chi connectivity index (χ2v) is 8.57. The van der Waals surface area contributed by atoms with Crippen molar-refractivity contribution in [1.29, 1.82) is 0 Å². The minimum Gasteiger partial charge on any atom is -0.497 e. The number of ether oxygens (including phenoxy) is 1. The van der Waals surface area contributed by atoms with Crippen molar-refractivity contribution in [1.82, 2.24) is 15.6 Å². The quantitative estimate of drug-likeness (QED) is 0.797. The molecule has 148 valence electrons. The molecular weight excluding hydrogens is 350 g/mol. The number of carbonyl (C=O) groups excluding carboxylic acids is 1. The molecule has 2 aliphatic rings. The molecule has 0 saturated heterocycles. The van der Waals surface area contributed by atoms with E-state index in [2.05, 4.69) is 27.8 Å². The normalized spacial score (nSPS) is 25.5. The molecule has 0 bridgehead atoms. The number of nitrogens with one attached hydrogen (secondary N) is 2. The van der Waals surface area contributed by atoms with Crippen molar-refractivity contribution in [2.45, 2.75) is 51.6 Å². The van der Waals surface area contributed by atoms with Gasteiger partial charge in [0.1, 0.15) is 5.75 Å². The van der Waals surface area contributed by atoms with Gasteiger partial charge in [0.2, 0.25) is 0 Å². The minimum atomic E-state index is -0.0720. The van der Waals surface area contributed by atoms with E-state index in [1.807, 2.05) is 37.4 Å². The maximum Gasteiger partial charge on any atom is 0.315 e. The molecule has 2 saturated carbocycles. The molecule has 1 aromatic carbocycles. The summed E-state index contributed by atoms with van der Waals surface area (Å²) in [5, 5.41) is 6.07. The standard InChI is InChI=1S/C23H29N3O2/c1-16-3-4-18(15-24-16)9-19-10-23(11-19)12-20(13-23)26-22(27)25-14-17-5-7-21(28-2)8-6-17/h3-8,15,19-20H,9-14H2,1-2H3,(H2,25,26,27). The number of aromatic nitrogens is 1. The van der Waals surface area contributed by atoms with E-state index in [4.69, 9.17) is 4.74 Å². The van der Waals surface area contributed by atoms with Crippen molar-refractivity contribution in [2.75, 3.05) is 7.11 Å². The van der Waals surface area contributed by atoms with Crippen LogP contribution in [0.3, 0.4) is 0 Å². The Bertz CT molecular complexity index is 803. The summed E-state index contributed by atoms with van der Waals surface area (Å²) in [7, 11) is 1.65. The van der Waals surface area contributed by atoms with Crippen molar-refractivity contribution >= 4 is 6.03 Å². The van der Waals surface area contributed by atoms with Crippen molar-refractivity contribution < 1.29 is 9.53 Å². The number of pyridine rings is 1. The number of nitrogens with zero attached hydrogens (tertiary/aromatic N) is 1. The Kier molecular flexibility index (Phi) is 5.25. The molecule has 2 amide bonds. The number of hydrogen-bond acceptors (Lipinski definition) is 3. The summed E-state index contributed by atoms with van der Waals surface area (Å²) < 4.78 is 5.15. The third-order valence-corrected chi connectivity index (χ3v) is 6.25. The number of carbonyl (C=O) groups is 1. The number of hydrogen-bond donors (Lipinski definition) is 2. The van der Waals surface area contributed by atoms with Crippen molar-refractivity contribution in [2.24, 2.45) is 11.3 Å². The molecule has 0 aliphatic heterocycles. The van der Waals surface area contributed by atoms with Crippen molar-refractivity contribution in [3.63, 3.8) is 0 Å². The number of methoxy groups -OCH3 is 1. The van der Waals surface area contributed by atoms with Crippen LogP contribution in [0.25, 0.3) is 0 Å². The average Bonchev–Trinajstić information content (AvgIpc) is 2.65. The molecule has 2 aliphatic carbocycles. The van der Waals surface area contributed by atoms with E-state index in [0.717, 1.165) is 42.2 Å². The highest BCUT2D eigenvalue weighted by Gasteiger charge is 2.52. The molecule has 1 spiro atoms. The summed E-state index contributed by atoms with van der Waals surface area (Å²) in [5.41, 5.74) is 3.97. The van der Waals surface area contributed by atoms with Gasteiger partial charge in [0.25, 0.3) is 0 Å². The van der Waals surface area contributed by atoms with Crippen LogP contribution in [0.5, 0.6) is 5.75 Å². The van der Waals surface area contributed by atoms with Crippen LogP contribution in [0.2, 0.25) is 0 Å². The number of amides is 2. The van der Waals surface area contributed by atoms with Gasteiger partial charge in [0, 0.05) is 24.5 Å². The monoisotopic (exact) mass is 379 g/mol.